The topological polar surface area (TPSA) is 63.2 Å². The molecule has 0 fully saturated rings. The quantitative estimate of drug-likeness (QED) is 0.548. The number of hydrogen-bond donors (Lipinski definition) is 0. The van der Waals surface area contributed by atoms with E-state index in [9.17, 15) is 9.59 Å². The Labute approximate surface area is 94.5 Å². The Hall–Kier alpha value is -1.78. The maximum atomic E-state index is 11.7. The minimum Gasteiger partial charge on any atom is -0.343 e. The normalized spacial score (nSPS) is 9.88. The lowest BCUT2D eigenvalue weighted by Gasteiger charge is -2.17. The fraction of sp³-hybridized carbons (Fsp3) is 0.455. The van der Waals surface area contributed by atoms with Crippen LogP contribution in [0.5, 0.6) is 0 Å². The van der Waals surface area contributed by atoms with Gasteiger partial charge in [-0.05, 0) is 13.8 Å². The average Bonchev–Trinajstić information content (AvgIpc) is 2.31. The van der Waals surface area contributed by atoms with Gasteiger partial charge in [0, 0.05) is 25.5 Å². The number of rotatable bonds is 5. The zero-order chi connectivity index (χ0) is 12.0. The van der Waals surface area contributed by atoms with E-state index in [4.69, 9.17) is 0 Å². The number of ketones is 1. The maximum Gasteiger partial charge on any atom is 0.230 e. The fourth-order valence-electron chi connectivity index (χ4n) is 1.37. The van der Waals surface area contributed by atoms with Gasteiger partial charge in [-0.2, -0.15) is 0 Å². The summed E-state index contributed by atoms with van der Waals surface area (Å²) in [5.74, 6) is -0.392. The molecule has 0 radical (unpaired) electrons. The van der Waals surface area contributed by atoms with Gasteiger partial charge >= 0.3 is 0 Å². The van der Waals surface area contributed by atoms with Crippen molar-refractivity contribution in [1.29, 1.82) is 0 Å². The minimum absolute atomic E-state index is 0.116. The van der Waals surface area contributed by atoms with Gasteiger partial charge in [0.2, 0.25) is 5.91 Å². The maximum absolute atomic E-state index is 11.7. The van der Waals surface area contributed by atoms with E-state index < -0.39 is 0 Å². The first-order valence-electron chi connectivity index (χ1n) is 5.25. The minimum atomic E-state index is -0.238. The molecule has 0 bridgehead atoms. The third-order valence-corrected chi connectivity index (χ3v) is 2.31. The number of amides is 1. The van der Waals surface area contributed by atoms with Crippen LogP contribution in [0.3, 0.4) is 0 Å². The Morgan fingerprint density at radius 1 is 1.19 bits per heavy atom. The predicted octanol–water partition coefficient (Wildman–Crippen LogP) is 0.918. The van der Waals surface area contributed by atoms with Gasteiger partial charge in [-0.25, -0.2) is 9.97 Å². The molecule has 0 spiro atoms. The van der Waals surface area contributed by atoms with E-state index in [-0.39, 0.29) is 18.1 Å². The molecule has 1 aromatic rings. The molecule has 5 heteroatoms. The summed E-state index contributed by atoms with van der Waals surface area (Å²) in [5, 5.41) is 0. The van der Waals surface area contributed by atoms with Crippen molar-refractivity contribution in [2.45, 2.75) is 20.3 Å². The summed E-state index contributed by atoms with van der Waals surface area (Å²) in [6.45, 7) is 5.01. The monoisotopic (exact) mass is 221 g/mol. The van der Waals surface area contributed by atoms with Crippen LogP contribution in [0, 0.1) is 0 Å². The van der Waals surface area contributed by atoms with Gasteiger partial charge in [0.05, 0.1) is 12.0 Å². The van der Waals surface area contributed by atoms with Gasteiger partial charge in [-0.15, -0.1) is 0 Å². The van der Waals surface area contributed by atoms with E-state index in [2.05, 4.69) is 9.97 Å². The van der Waals surface area contributed by atoms with Crippen molar-refractivity contribution in [3.8, 4) is 0 Å². The van der Waals surface area contributed by atoms with Gasteiger partial charge in [0.1, 0.15) is 6.33 Å². The highest BCUT2D eigenvalue weighted by Crippen LogP contribution is 2.02. The number of nitrogens with zero attached hydrogens (tertiary/aromatic N) is 3. The summed E-state index contributed by atoms with van der Waals surface area (Å²) >= 11 is 0. The van der Waals surface area contributed by atoms with E-state index in [1.54, 1.807) is 4.90 Å². The van der Waals surface area contributed by atoms with E-state index in [1.165, 1.54) is 18.7 Å². The third kappa shape index (κ3) is 3.12. The molecule has 0 N–H and O–H groups in total. The Balaban J connectivity index is 2.62. The van der Waals surface area contributed by atoms with Crippen LogP contribution < -0.4 is 0 Å². The van der Waals surface area contributed by atoms with Crippen molar-refractivity contribution in [3.63, 3.8) is 0 Å². The summed E-state index contributed by atoms with van der Waals surface area (Å²) in [5.41, 5.74) is 0.378. The molecule has 0 aliphatic rings. The molecule has 0 aliphatic heterocycles. The van der Waals surface area contributed by atoms with Crippen LogP contribution in [0.1, 0.15) is 30.6 Å². The van der Waals surface area contributed by atoms with Crippen molar-refractivity contribution in [3.05, 3.63) is 24.3 Å². The molecule has 1 rings (SSSR count). The highest BCUT2D eigenvalue weighted by atomic mass is 16.2. The van der Waals surface area contributed by atoms with Gasteiger partial charge in [0.25, 0.3) is 0 Å². The van der Waals surface area contributed by atoms with Crippen molar-refractivity contribution < 1.29 is 9.59 Å². The van der Waals surface area contributed by atoms with Crippen molar-refractivity contribution in [1.82, 2.24) is 14.9 Å². The lowest BCUT2D eigenvalue weighted by atomic mass is 10.1. The molecule has 0 aromatic carbocycles. The molecular weight excluding hydrogens is 206 g/mol. The smallest absolute Gasteiger partial charge is 0.230 e. The molecule has 1 heterocycles. The molecule has 5 nitrogen and oxygen atoms in total. The summed E-state index contributed by atoms with van der Waals surface area (Å²) in [6, 6.07) is 0. The average molecular weight is 221 g/mol. The van der Waals surface area contributed by atoms with Crippen LogP contribution >= 0.6 is 0 Å². The number of carbonyl (C=O) groups excluding carboxylic acids is 2. The molecule has 1 amide bonds. The molecular formula is C11H15N3O2. The van der Waals surface area contributed by atoms with Crippen LogP contribution in [0.2, 0.25) is 0 Å². The molecule has 0 unspecified atom stereocenters. The summed E-state index contributed by atoms with van der Waals surface area (Å²) < 4.78 is 0. The van der Waals surface area contributed by atoms with Crippen LogP contribution in [0.25, 0.3) is 0 Å². The third-order valence-electron chi connectivity index (χ3n) is 2.31. The Bertz CT molecular complexity index is 361. The first-order valence-corrected chi connectivity index (χ1v) is 5.25. The van der Waals surface area contributed by atoms with Crippen LogP contribution in [-0.4, -0.2) is 39.6 Å². The number of hydrogen-bond acceptors (Lipinski definition) is 4. The predicted molar refractivity (Wildman–Crippen MR) is 58.9 cm³/mol. The van der Waals surface area contributed by atoms with Crippen molar-refractivity contribution >= 4 is 11.7 Å². The Kier molecular flexibility index (Phi) is 4.57. The van der Waals surface area contributed by atoms with Gasteiger partial charge < -0.3 is 4.90 Å². The zero-order valence-corrected chi connectivity index (χ0v) is 9.51. The van der Waals surface area contributed by atoms with Crippen LogP contribution in [0.4, 0.5) is 0 Å². The second-order valence-corrected chi connectivity index (χ2v) is 3.29. The summed E-state index contributed by atoms with van der Waals surface area (Å²) in [7, 11) is 0. The second kappa shape index (κ2) is 5.95. The van der Waals surface area contributed by atoms with Crippen molar-refractivity contribution in [2.24, 2.45) is 0 Å². The number of aromatic nitrogens is 2. The van der Waals surface area contributed by atoms with E-state index in [0.717, 1.165) is 0 Å². The first-order chi connectivity index (χ1) is 7.69. The Morgan fingerprint density at radius 2 is 1.75 bits per heavy atom. The van der Waals surface area contributed by atoms with E-state index >= 15 is 0 Å². The number of carbonyl (C=O) groups is 2. The molecule has 16 heavy (non-hydrogen) atoms. The summed E-state index contributed by atoms with van der Waals surface area (Å²) in [6.07, 6.45) is 4.08. The number of Topliss-reactive ketones (excluding diaryl/α,β-unsaturated/α-hetero) is 1. The SMILES string of the molecule is CCN(CC)C(=O)CC(=O)c1cncnc1. The second-order valence-electron chi connectivity index (χ2n) is 3.29. The largest absolute Gasteiger partial charge is 0.343 e. The molecule has 0 aliphatic carbocycles. The van der Waals surface area contributed by atoms with Crippen molar-refractivity contribution in [2.75, 3.05) is 13.1 Å². The molecule has 0 atom stereocenters. The standard InChI is InChI=1S/C11H15N3O2/c1-3-14(4-2)11(16)5-10(15)9-6-12-8-13-7-9/h6-8H,3-5H2,1-2H3. The van der Waals surface area contributed by atoms with Gasteiger partial charge in [0.15, 0.2) is 5.78 Å². The van der Waals surface area contributed by atoms with Crippen LogP contribution in [-0.2, 0) is 4.79 Å². The zero-order valence-electron chi connectivity index (χ0n) is 9.51. The molecule has 1 aromatic heterocycles. The highest BCUT2D eigenvalue weighted by molar-refractivity contribution is 6.06. The molecule has 86 valence electrons. The Morgan fingerprint density at radius 3 is 2.25 bits per heavy atom. The van der Waals surface area contributed by atoms with Gasteiger partial charge in [-0.1, -0.05) is 0 Å². The lowest BCUT2D eigenvalue weighted by molar-refractivity contribution is -0.129. The fourth-order valence-corrected chi connectivity index (χ4v) is 1.37. The highest BCUT2D eigenvalue weighted by Gasteiger charge is 2.16. The molecule has 0 saturated heterocycles. The first kappa shape index (κ1) is 12.3. The molecule has 0 saturated carbocycles. The van der Waals surface area contributed by atoms with E-state index in [1.807, 2.05) is 13.8 Å². The van der Waals surface area contributed by atoms with E-state index in [0.29, 0.717) is 18.7 Å². The lowest BCUT2D eigenvalue weighted by Crippen LogP contribution is -2.32. The van der Waals surface area contributed by atoms with Gasteiger partial charge in [-0.3, -0.25) is 9.59 Å². The summed E-state index contributed by atoms with van der Waals surface area (Å²) in [4.78, 5) is 32.4. The van der Waals surface area contributed by atoms with Crippen LogP contribution in [0.15, 0.2) is 18.7 Å².